The summed E-state index contributed by atoms with van der Waals surface area (Å²) in [4.78, 5) is 33.8. The van der Waals surface area contributed by atoms with Gasteiger partial charge >= 0.3 is 7.12 Å². The molecule has 1 aliphatic rings. The van der Waals surface area contributed by atoms with Gasteiger partial charge in [-0.2, -0.15) is 0 Å². The number of aromatic nitrogens is 4. The van der Waals surface area contributed by atoms with Gasteiger partial charge in [0.2, 0.25) is 11.8 Å². The lowest BCUT2D eigenvalue weighted by molar-refractivity contribution is -0.126. The van der Waals surface area contributed by atoms with E-state index in [2.05, 4.69) is 25.8 Å². The molecule has 0 radical (unpaired) electrons. The second kappa shape index (κ2) is 13.2. The molecule has 6 rings (SSSR count). The van der Waals surface area contributed by atoms with E-state index in [4.69, 9.17) is 21.3 Å². The fourth-order valence-corrected chi connectivity index (χ4v) is 5.70. The molecule has 5 N–H and O–H groups in total. The zero-order valence-electron chi connectivity index (χ0n) is 25.1. The highest BCUT2D eigenvalue weighted by molar-refractivity contribution is 6.62. The van der Waals surface area contributed by atoms with Crippen LogP contribution in [0.5, 0.6) is 5.75 Å². The Morgan fingerprint density at radius 3 is 2.61 bits per heavy atom. The first-order chi connectivity index (χ1) is 22.2. The number of nitrogens with one attached hydrogen (secondary N) is 3. The predicted molar refractivity (Wildman–Crippen MR) is 175 cm³/mol. The summed E-state index contributed by atoms with van der Waals surface area (Å²) in [6.07, 6.45) is 2.05. The van der Waals surface area contributed by atoms with E-state index in [1.807, 2.05) is 60.0 Å². The van der Waals surface area contributed by atoms with Crippen molar-refractivity contribution in [2.45, 2.75) is 25.8 Å². The van der Waals surface area contributed by atoms with Gasteiger partial charge in [-0.25, -0.2) is 0 Å². The molecule has 0 spiro atoms. The molecule has 0 bridgehead atoms. The number of aliphatic imine (C=N–C) groups is 1. The molecule has 5 aromatic rings. The van der Waals surface area contributed by atoms with Gasteiger partial charge in [-0.05, 0) is 60.7 Å². The summed E-state index contributed by atoms with van der Waals surface area (Å²) in [5, 5.41) is 34.5. The summed E-state index contributed by atoms with van der Waals surface area (Å²) in [6.45, 7) is 2.00. The van der Waals surface area contributed by atoms with Crippen LogP contribution in [0.4, 0.5) is 0 Å². The Bertz CT molecular complexity index is 1950. The van der Waals surface area contributed by atoms with Gasteiger partial charge in [-0.15, -0.1) is 10.2 Å². The second-order valence-electron chi connectivity index (χ2n) is 10.9. The molecule has 0 fully saturated rings. The molecule has 0 saturated carbocycles. The molecule has 2 amide bonds. The number of aromatic amines is 1. The van der Waals surface area contributed by atoms with Crippen LogP contribution in [0.25, 0.3) is 16.6 Å². The molecule has 12 nitrogen and oxygen atoms in total. The Labute approximate surface area is 269 Å². The average Bonchev–Trinajstić information content (AvgIpc) is 3.62. The van der Waals surface area contributed by atoms with Crippen LogP contribution in [-0.2, 0) is 16.0 Å². The van der Waals surface area contributed by atoms with E-state index in [-0.39, 0.29) is 24.8 Å². The van der Waals surface area contributed by atoms with Crippen molar-refractivity contribution in [3.05, 3.63) is 100 Å². The molecule has 1 aliphatic heterocycles. The third kappa shape index (κ3) is 6.38. The van der Waals surface area contributed by atoms with E-state index in [9.17, 15) is 19.6 Å². The van der Waals surface area contributed by atoms with Crippen LogP contribution >= 0.6 is 11.6 Å². The number of benzene rings is 3. The van der Waals surface area contributed by atoms with Crippen molar-refractivity contribution in [3.63, 3.8) is 0 Å². The number of nitrogens with zero attached hydrogens (tertiary/aromatic N) is 4. The third-order valence-electron chi connectivity index (χ3n) is 7.87. The fraction of sp³-hybridized carbons (Fsp3) is 0.219. The van der Waals surface area contributed by atoms with Gasteiger partial charge in [0.25, 0.3) is 0 Å². The molecular weight excluding hydrogens is 609 g/mol. The number of carbonyl (C=O) groups is 2. The molecule has 3 heterocycles. The van der Waals surface area contributed by atoms with Gasteiger partial charge in [0.05, 0.1) is 31.5 Å². The van der Waals surface area contributed by atoms with Crippen molar-refractivity contribution in [2.75, 3.05) is 20.2 Å². The van der Waals surface area contributed by atoms with Gasteiger partial charge in [0.1, 0.15) is 17.6 Å². The number of carbonyl (C=O) groups excluding carboxylic acids is 2. The van der Waals surface area contributed by atoms with E-state index in [1.165, 1.54) is 0 Å². The summed E-state index contributed by atoms with van der Waals surface area (Å²) in [6, 6.07) is 17.9. The summed E-state index contributed by atoms with van der Waals surface area (Å²) in [5.41, 5.74) is 5.17. The third-order valence-corrected chi connectivity index (χ3v) is 8.12. The Morgan fingerprint density at radius 1 is 1.04 bits per heavy atom. The van der Waals surface area contributed by atoms with Gasteiger partial charge in [-0.1, -0.05) is 35.9 Å². The molecule has 2 aromatic heterocycles. The van der Waals surface area contributed by atoms with E-state index in [1.54, 1.807) is 25.4 Å². The Kier molecular flexibility index (Phi) is 8.88. The molecule has 1 atom stereocenters. The number of fused-ring (bicyclic) bond motifs is 4. The molecular formula is C32H31BClN7O5. The van der Waals surface area contributed by atoms with Gasteiger partial charge in [0, 0.05) is 39.9 Å². The molecule has 0 aliphatic carbocycles. The smallest absolute Gasteiger partial charge is 0.490 e. The van der Waals surface area contributed by atoms with E-state index in [0.29, 0.717) is 46.6 Å². The Balaban J connectivity index is 1.14. The lowest BCUT2D eigenvalue weighted by atomic mass is 9.80. The summed E-state index contributed by atoms with van der Waals surface area (Å²) in [5.74, 6) is 1.10. The summed E-state index contributed by atoms with van der Waals surface area (Å²) < 4.78 is 7.40. The highest BCUT2D eigenvalue weighted by Crippen LogP contribution is 2.34. The number of ether oxygens (including phenoxy) is 1. The second-order valence-corrected chi connectivity index (χ2v) is 11.3. The van der Waals surface area contributed by atoms with Crippen molar-refractivity contribution in [2.24, 2.45) is 4.99 Å². The molecule has 234 valence electrons. The van der Waals surface area contributed by atoms with Crippen LogP contribution in [0.2, 0.25) is 5.02 Å². The normalized spacial score (nSPS) is 13.8. The summed E-state index contributed by atoms with van der Waals surface area (Å²) in [7, 11) is 0.0382. The van der Waals surface area contributed by atoms with Crippen LogP contribution in [0.3, 0.4) is 0 Å². The van der Waals surface area contributed by atoms with Crippen molar-refractivity contribution >= 4 is 52.6 Å². The number of amides is 2. The van der Waals surface area contributed by atoms with E-state index < -0.39 is 13.2 Å². The monoisotopic (exact) mass is 639 g/mol. The van der Waals surface area contributed by atoms with Crippen molar-refractivity contribution < 1.29 is 24.4 Å². The Hall–Kier alpha value is -4.98. The number of H-pyrrole nitrogens is 1. The predicted octanol–water partition coefficient (Wildman–Crippen LogP) is 2.16. The quantitative estimate of drug-likeness (QED) is 0.146. The first-order valence-electron chi connectivity index (χ1n) is 14.7. The molecule has 0 saturated heterocycles. The lowest BCUT2D eigenvalue weighted by Gasteiger charge is -2.14. The standard InChI is InChI=1S/C32H31BClN7O5/c1-18-39-40-32-27(38-31(20-4-6-21(34)7-5-20)24-14-22(46-2)8-10-28(24)41(18)32)15-29(42)37-17-30(43)35-12-11-19-3-9-23-25(33(44)45)16-36-26(23)13-19/h3-10,13-14,16,27,36,44-45H,11-12,15,17H2,1-2H3,(H,35,43)(H,37,42)/t27-/m0/s1. The highest BCUT2D eigenvalue weighted by atomic mass is 35.5. The maximum absolute atomic E-state index is 13.2. The van der Waals surface area contributed by atoms with Crippen molar-refractivity contribution in [1.82, 2.24) is 30.4 Å². The lowest BCUT2D eigenvalue weighted by Crippen LogP contribution is -2.38. The molecule has 3 aromatic carbocycles. The maximum atomic E-state index is 13.2. The van der Waals surface area contributed by atoms with Gasteiger partial charge < -0.3 is 30.4 Å². The molecule has 0 unspecified atom stereocenters. The van der Waals surface area contributed by atoms with E-state index >= 15 is 0 Å². The number of aryl methyl sites for hydroxylation is 1. The zero-order chi connectivity index (χ0) is 32.4. The average molecular weight is 640 g/mol. The van der Waals surface area contributed by atoms with Crippen molar-refractivity contribution in [1.29, 1.82) is 0 Å². The Morgan fingerprint density at radius 2 is 1.85 bits per heavy atom. The number of hydrogen-bond donors (Lipinski definition) is 5. The van der Waals surface area contributed by atoms with Crippen LogP contribution in [0.1, 0.15) is 40.8 Å². The van der Waals surface area contributed by atoms with E-state index in [0.717, 1.165) is 33.3 Å². The van der Waals surface area contributed by atoms with Crippen LogP contribution in [0.15, 0.2) is 71.9 Å². The topological polar surface area (TPSA) is 167 Å². The number of hydrogen-bond acceptors (Lipinski definition) is 8. The largest absolute Gasteiger partial charge is 0.497 e. The number of methoxy groups -OCH3 is 1. The first kappa shape index (κ1) is 31.0. The van der Waals surface area contributed by atoms with Crippen LogP contribution in [0, 0.1) is 6.92 Å². The zero-order valence-corrected chi connectivity index (χ0v) is 25.9. The van der Waals surface area contributed by atoms with Crippen LogP contribution in [-0.4, -0.2) is 74.6 Å². The maximum Gasteiger partial charge on any atom is 0.490 e. The van der Waals surface area contributed by atoms with Crippen LogP contribution < -0.4 is 20.8 Å². The van der Waals surface area contributed by atoms with Crippen molar-refractivity contribution in [3.8, 4) is 11.4 Å². The van der Waals surface area contributed by atoms with Gasteiger partial charge in [0.15, 0.2) is 5.82 Å². The molecule has 14 heteroatoms. The number of rotatable bonds is 10. The minimum atomic E-state index is -1.56. The highest BCUT2D eigenvalue weighted by Gasteiger charge is 2.30. The SMILES string of the molecule is COc1ccc2c(c1)C(c1ccc(Cl)cc1)=N[C@@H](CC(=O)NCC(=O)NCCc1ccc3c(B(O)O)c[nH]c3c1)c1nnc(C)n1-2. The minimum Gasteiger partial charge on any atom is -0.497 e. The minimum absolute atomic E-state index is 0.0612. The number of halogens is 1. The first-order valence-corrected chi connectivity index (χ1v) is 15.0. The summed E-state index contributed by atoms with van der Waals surface area (Å²) >= 11 is 6.17. The van der Waals surface area contributed by atoms with Gasteiger partial charge in [-0.3, -0.25) is 19.1 Å². The molecule has 46 heavy (non-hydrogen) atoms. The fourth-order valence-electron chi connectivity index (χ4n) is 5.58.